The third-order valence-corrected chi connectivity index (χ3v) is 4.42. The summed E-state index contributed by atoms with van der Waals surface area (Å²) in [5.74, 6) is 0. The monoisotopic (exact) mass is 396 g/mol. The first-order valence-corrected chi connectivity index (χ1v) is 8.10. The smallest absolute Gasteiger partial charge is 0.383 e. The summed E-state index contributed by atoms with van der Waals surface area (Å²) in [5.41, 5.74) is -1.18. The van der Waals surface area contributed by atoms with Crippen LogP contribution in [0.25, 0.3) is 0 Å². The molecule has 0 amide bonds. The van der Waals surface area contributed by atoms with Gasteiger partial charge in [-0.05, 0) is 18.2 Å². The lowest BCUT2D eigenvalue weighted by atomic mass is 10.2. The van der Waals surface area contributed by atoms with Crippen molar-refractivity contribution >= 4 is 34.0 Å². The zero-order valence-electron chi connectivity index (χ0n) is 12.1. The van der Waals surface area contributed by atoms with Gasteiger partial charge in [0.2, 0.25) is 10.0 Å². The molecule has 1 aromatic rings. The van der Waals surface area contributed by atoms with Crippen molar-refractivity contribution in [2.45, 2.75) is 11.1 Å². The molecule has 0 aromatic heterocycles. The van der Waals surface area contributed by atoms with Gasteiger partial charge in [-0.25, -0.2) is 13.1 Å². The van der Waals surface area contributed by atoms with Crippen LogP contribution in [0.1, 0.15) is 5.56 Å². The summed E-state index contributed by atoms with van der Waals surface area (Å²) in [4.78, 5) is -0.485. The second kappa shape index (κ2) is 9.65. The van der Waals surface area contributed by atoms with E-state index >= 15 is 0 Å². The number of alkyl halides is 3. The van der Waals surface area contributed by atoms with Gasteiger partial charge < -0.3 is 10.1 Å². The predicted octanol–water partition coefficient (Wildman–Crippen LogP) is 2.29. The maximum absolute atomic E-state index is 12.7. The molecule has 0 unspecified atom stereocenters. The van der Waals surface area contributed by atoms with Crippen molar-refractivity contribution in [3.8, 4) is 0 Å². The third kappa shape index (κ3) is 7.23. The largest absolute Gasteiger partial charge is 0.417 e. The minimum atomic E-state index is -4.72. The molecule has 1 aromatic carbocycles. The fourth-order valence-corrected chi connectivity index (χ4v) is 2.83. The highest BCUT2D eigenvalue weighted by atomic mass is 35.5. The van der Waals surface area contributed by atoms with E-state index in [1.165, 1.54) is 7.11 Å². The molecule has 0 saturated carbocycles. The lowest BCUT2D eigenvalue weighted by Gasteiger charge is -2.12. The maximum Gasteiger partial charge on any atom is 0.417 e. The van der Waals surface area contributed by atoms with E-state index in [2.05, 4.69) is 10.0 Å². The van der Waals surface area contributed by atoms with E-state index in [9.17, 15) is 21.6 Å². The van der Waals surface area contributed by atoms with Gasteiger partial charge in [0.15, 0.2) is 0 Å². The van der Waals surface area contributed by atoms with Gasteiger partial charge in [0.1, 0.15) is 0 Å². The number of nitrogens with one attached hydrogen (secondary N) is 2. The van der Waals surface area contributed by atoms with Crippen LogP contribution in [0.2, 0.25) is 5.02 Å². The molecule has 0 aliphatic rings. The number of hydrogen-bond donors (Lipinski definition) is 2. The van der Waals surface area contributed by atoms with E-state index in [0.717, 1.165) is 12.1 Å². The van der Waals surface area contributed by atoms with Gasteiger partial charge in [0, 0.05) is 26.7 Å². The number of halogens is 5. The number of sulfonamides is 1. The highest BCUT2D eigenvalue weighted by Gasteiger charge is 2.34. The molecule has 134 valence electrons. The first-order valence-electron chi connectivity index (χ1n) is 6.24. The zero-order chi connectivity index (χ0) is 16.8. The predicted molar refractivity (Wildman–Crippen MR) is 83.6 cm³/mol. The van der Waals surface area contributed by atoms with Gasteiger partial charge in [-0.3, -0.25) is 0 Å². The second-order valence-corrected chi connectivity index (χ2v) is 6.45. The summed E-state index contributed by atoms with van der Waals surface area (Å²) in [6.45, 7) is 1.37. The summed E-state index contributed by atoms with van der Waals surface area (Å²) in [5, 5.41) is 2.35. The molecule has 0 saturated heterocycles. The quantitative estimate of drug-likeness (QED) is 0.661. The van der Waals surface area contributed by atoms with Crippen LogP contribution in [0.15, 0.2) is 23.1 Å². The van der Waals surface area contributed by atoms with Gasteiger partial charge in [0.05, 0.1) is 22.1 Å². The Morgan fingerprint density at radius 1 is 1.22 bits per heavy atom. The molecule has 23 heavy (non-hydrogen) atoms. The summed E-state index contributed by atoms with van der Waals surface area (Å²) < 4.78 is 69.0. The Kier molecular flexibility index (Phi) is 9.41. The molecule has 0 atom stereocenters. The van der Waals surface area contributed by atoms with Crippen LogP contribution in [0.4, 0.5) is 13.2 Å². The molecule has 0 fully saturated rings. The lowest BCUT2D eigenvalue weighted by Crippen LogP contribution is -2.33. The van der Waals surface area contributed by atoms with Gasteiger partial charge in [0.25, 0.3) is 0 Å². The molecule has 0 bridgehead atoms. The van der Waals surface area contributed by atoms with E-state index in [4.69, 9.17) is 16.3 Å². The number of methoxy groups -OCH3 is 1. The second-order valence-electron chi connectivity index (χ2n) is 4.28. The highest BCUT2D eigenvalue weighted by molar-refractivity contribution is 7.89. The van der Waals surface area contributed by atoms with Crippen LogP contribution >= 0.6 is 24.0 Å². The van der Waals surface area contributed by atoms with Crippen LogP contribution in [-0.2, 0) is 20.9 Å². The maximum atomic E-state index is 12.7. The fraction of sp³-hybridized carbons (Fsp3) is 0.500. The van der Waals surface area contributed by atoms with E-state index in [1.54, 1.807) is 0 Å². The van der Waals surface area contributed by atoms with Crippen LogP contribution in [0.3, 0.4) is 0 Å². The molecule has 0 spiro atoms. The SMILES string of the molecule is COCCNCCNS(=O)(=O)c1ccc(Cl)c(C(F)(F)F)c1.Cl. The van der Waals surface area contributed by atoms with E-state index in [0.29, 0.717) is 25.8 Å². The molecular weight excluding hydrogens is 380 g/mol. The van der Waals surface area contributed by atoms with Crippen molar-refractivity contribution in [3.63, 3.8) is 0 Å². The van der Waals surface area contributed by atoms with Gasteiger partial charge in [-0.1, -0.05) is 11.6 Å². The zero-order valence-corrected chi connectivity index (χ0v) is 14.5. The molecular formula is C12H17Cl2F3N2O3S. The summed E-state index contributed by atoms with van der Waals surface area (Å²) in [7, 11) is -2.50. The number of rotatable bonds is 8. The lowest BCUT2D eigenvalue weighted by molar-refractivity contribution is -0.137. The van der Waals surface area contributed by atoms with Crippen molar-refractivity contribution < 1.29 is 26.3 Å². The van der Waals surface area contributed by atoms with Crippen molar-refractivity contribution in [1.29, 1.82) is 0 Å². The normalized spacial score (nSPS) is 12.0. The molecule has 5 nitrogen and oxygen atoms in total. The molecule has 0 heterocycles. The van der Waals surface area contributed by atoms with Crippen LogP contribution in [0, 0.1) is 0 Å². The minimum Gasteiger partial charge on any atom is -0.383 e. The third-order valence-electron chi connectivity index (χ3n) is 2.63. The van der Waals surface area contributed by atoms with Gasteiger partial charge >= 0.3 is 6.18 Å². The first-order chi connectivity index (χ1) is 10.2. The Hall–Kier alpha value is -0.580. The van der Waals surface area contributed by atoms with Crippen LogP contribution in [-0.4, -0.2) is 41.8 Å². The molecule has 0 radical (unpaired) electrons. The summed E-state index contributed by atoms with van der Waals surface area (Å²) in [6.07, 6.45) is -4.72. The topological polar surface area (TPSA) is 67.4 Å². The van der Waals surface area contributed by atoms with E-state index < -0.39 is 31.7 Å². The van der Waals surface area contributed by atoms with Gasteiger partial charge in [-0.2, -0.15) is 13.2 Å². The van der Waals surface area contributed by atoms with E-state index in [1.807, 2.05) is 0 Å². The highest BCUT2D eigenvalue weighted by Crippen LogP contribution is 2.35. The molecule has 2 N–H and O–H groups in total. The molecule has 11 heteroatoms. The molecule has 0 aliphatic heterocycles. The van der Waals surface area contributed by atoms with Crippen molar-refractivity contribution in [3.05, 3.63) is 28.8 Å². The van der Waals surface area contributed by atoms with Crippen molar-refractivity contribution in [2.75, 3.05) is 33.4 Å². The summed E-state index contributed by atoms with van der Waals surface area (Å²) in [6, 6.07) is 2.46. The average molecular weight is 397 g/mol. The average Bonchev–Trinajstić information content (AvgIpc) is 2.41. The minimum absolute atomic E-state index is 0. The Morgan fingerprint density at radius 3 is 2.43 bits per heavy atom. The fourth-order valence-electron chi connectivity index (χ4n) is 1.55. The molecule has 1 rings (SSSR count). The number of benzene rings is 1. The van der Waals surface area contributed by atoms with Gasteiger partial charge in [-0.15, -0.1) is 12.4 Å². The van der Waals surface area contributed by atoms with Crippen molar-refractivity contribution in [2.24, 2.45) is 0 Å². The van der Waals surface area contributed by atoms with Crippen LogP contribution in [0.5, 0.6) is 0 Å². The standard InChI is InChI=1S/C12H16ClF3N2O3S.ClH/c1-21-7-6-17-4-5-18-22(19,20)9-2-3-11(13)10(8-9)12(14,15)16;/h2-3,8,17-18H,4-7H2,1H3;1H. The summed E-state index contributed by atoms with van der Waals surface area (Å²) >= 11 is 5.45. The Balaban J connectivity index is 0.00000484. The molecule has 0 aliphatic carbocycles. The van der Waals surface area contributed by atoms with Crippen molar-refractivity contribution in [1.82, 2.24) is 10.0 Å². The number of ether oxygens (including phenoxy) is 1. The van der Waals surface area contributed by atoms with E-state index in [-0.39, 0.29) is 19.0 Å². The van der Waals surface area contributed by atoms with Crippen LogP contribution < -0.4 is 10.0 Å². The Morgan fingerprint density at radius 2 is 1.87 bits per heavy atom. The Labute approximate surface area is 144 Å². The first kappa shape index (κ1) is 22.4. The number of hydrogen-bond acceptors (Lipinski definition) is 4. The Bertz CT molecular complexity index is 598.